The summed E-state index contributed by atoms with van der Waals surface area (Å²) in [6.07, 6.45) is -5.38. The number of alkyl halides is 3. The minimum absolute atomic E-state index is 0.0476. The van der Waals surface area contributed by atoms with Crippen LogP contribution in [-0.4, -0.2) is 55.0 Å². The number of halogens is 4. The van der Waals surface area contributed by atoms with Crippen molar-refractivity contribution in [3.63, 3.8) is 0 Å². The number of nitrogens with one attached hydrogen (secondary N) is 1. The molecule has 0 aliphatic carbocycles. The first-order valence-corrected chi connectivity index (χ1v) is 18.9. The van der Waals surface area contributed by atoms with E-state index in [0.29, 0.717) is 0 Å². The third-order valence-electron chi connectivity index (χ3n) is 3.86. The Hall–Kier alpha value is -2.11. The standard InChI is InChI=1S/C16H14F4NO5.3CH3.Sn/c1-3-25-14(23)13(21-15(24)16(18,19)20)12(8-17)10-5-4-6-11(7-10)26-9(2)22;;;;/h4-5,7-8,13H,3H2,1-2H3,(H,21,24);3*1H3;/b12-8+;;;;. The maximum atomic E-state index is 13.8. The van der Waals surface area contributed by atoms with E-state index in [1.54, 1.807) is 6.07 Å². The van der Waals surface area contributed by atoms with E-state index in [1.807, 2.05) is 14.8 Å². The molecule has 1 N–H and O–H groups in total. The predicted molar refractivity (Wildman–Crippen MR) is 104 cm³/mol. The average molecular weight is 540 g/mol. The zero-order valence-electron chi connectivity index (χ0n) is 17.1. The van der Waals surface area contributed by atoms with E-state index in [9.17, 15) is 31.9 Å². The number of benzene rings is 1. The molecule has 1 atom stereocenters. The second kappa shape index (κ2) is 10.3. The summed E-state index contributed by atoms with van der Waals surface area (Å²) in [5, 5.41) is 1.45. The van der Waals surface area contributed by atoms with Gasteiger partial charge in [-0.2, -0.15) is 0 Å². The quantitative estimate of drug-likeness (QED) is 0.249. The molecule has 0 aliphatic heterocycles. The summed E-state index contributed by atoms with van der Waals surface area (Å²) in [7, 11) is 0. The van der Waals surface area contributed by atoms with Crippen molar-refractivity contribution in [1.29, 1.82) is 0 Å². The van der Waals surface area contributed by atoms with Crippen molar-refractivity contribution in [1.82, 2.24) is 5.32 Å². The number of rotatable bonds is 7. The topological polar surface area (TPSA) is 81.7 Å². The van der Waals surface area contributed by atoms with Crippen molar-refractivity contribution >= 4 is 45.4 Å². The van der Waals surface area contributed by atoms with Gasteiger partial charge in [0.2, 0.25) is 0 Å². The molecule has 0 radical (unpaired) electrons. The van der Waals surface area contributed by atoms with Crippen LogP contribution in [0.4, 0.5) is 17.6 Å². The Kier molecular flexibility index (Phi) is 8.88. The van der Waals surface area contributed by atoms with Gasteiger partial charge in [-0.3, -0.25) is 0 Å². The number of carbonyl (C=O) groups is 3. The average Bonchev–Trinajstić information content (AvgIpc) is 2.59. The van der Waals surface area contributed by atoms with Crippen molar-refractivity contribution in [2.75, 3.05) is 6.61 Å². The minimum atomic E-state index is -5.29. The van der Waals surface area contributed by atoms with E-state index >= 15 is 0 Å². The number of carbonyl (C=O) groups excluding carboxylic acids is 3. The number of ether oxygens (including phenoxy) is 2. The van der Waals surface area contributed by atoms with Gasteiger partial charge in [0.05, 0.1) is 0 Å². The first-order valence-electron chi connectivity index (χ1n) is 8.90. The number of hydrogen-bond donors (Lipinski definition) is 1. The van der Waals surface area contributed by atoms with Crippen molar-refractivity contribution in [2.24, 2.45) is 0 Å². The molecule has 0 bridgehead atoms. The van der Waals surface area contributed by atoms with E-state index < -0.39 is 54.0 Å². The summed E-state index contributed by atoms with van der Waals surface area (Å²) >= 11 is -2.81. The van der Waals surface area contributed by atoms with Crippen LogP contribution in [0.3, 0.4) is 0 Å². The molecule has 166 valence electrons. The van der Waals surface area contributed by atoms with Crippen LogP contribution < -0.4 is 13.6 Å². The summed E-state index contributed by atoms with van der Waals surface area (Å²) in [6.45, 7) is 2.38. The van der Waals surface area contributed by atoms with Gasteiger partial charge in [-0.1, -0.05) is 0 Å². The number of hydrogen-bond acceptors (Lipinski definition) is 5. The molecule has 6 nitrogen and oxygen atoms in total. The number of esters is 2. The van der Waals surface area contributed by atoms with E-state index in [0.717, 1.165) is 3.58 Å². The van der Waals surface area contributed by atoms with Crippen LogP contribution in [0.25, 0.3) is 5.57 Å². The van der Waals surface area contributed by atoms with Crippen LogP contribution >= 0.6 is 0 Å². The third kappa shape index (κ3) is 6.99. The monoisotopic (exact) mass is 541 g/mol. The molecule has 1 aromatic rings. The molecule has 11 heteroatoms. The fourth-order valence-electron chi connectivity index (χ4n) is 2.56. The van der Waals surface area contributed by atoms with Gasteiger partial charge in [0.25, 0.3) is 0 Å². The number of amides is 1. The normalized spacial score (nSPS) is 13.4. The molecule has 1 unspecified atom stereocenters. The molecular weight excluding hydrogens is 517 g/mol. The van der Waals surface area contributed by atoms with Gasteiger partial charge in [0, 0.05) is 0 Å². The van der Waals surface area contributed by atoms with Crippen LogP contribution in [0.5, 0.6) is 5.75 Å². The SMILES string of the molecule is CCOC(=O)C(NC(=O)C(F)(F)F)/C(=C/F)c1cc[c]([Sn]([CH3])([CH3])[CH3])c(OC(C)=O)c1. The molecule has 0 fully saturated rings. The zero-order chi connectivity index (χ0) is 23.3. The van der Waals surface area contributed by atoms with Gasteiger partial charge >= 0.3 is 175 Å². The fourth-order valence-corrected chi connectivity index (χ4v) is 6.68. The van der Waals surface area contributed by atoms with Crippen molar-refractivity contribution in [3.05, 3.63) is 30.1 Å². The van der Waals surface area contributed by atoms with Gasteiger partial charge in [-0.15, -0.1) is 0 Å². The summed E-state index contributed by atoms with van der Waals surface area (Å²) in [6, 6.07) is 2.18. The second-order valence-electron chi connectivity index (χ2n) is 7.28. The van der Waals surface area contributed by atoms with Crippen LogP contribution in [0.1, 0.15) is 19.4 Å². The molecule has 30 heavy (non-hydrogen) atoms. The Balaban J connectivity index is 3.52. The molecule has 0 aliphatic rings. The van der Waals surface area contributed by atoms with Crippen molar-refractivity contribution < 1.29 is 41.4 Å². The Bertz CT molecular complexity index is 846. The Morgan fingerprint density at radius 1 is 1.20 bits per heavy atom. The van der Waals surface area contributed by atoms with Gasteiger partial charge in [-0.25, -0.2) is 0 Å². The first kappa shape index (κ1) is 25.9. The fraction of sp³-hybridized carbons (Fsp3) is 0.421. The van der Waals surface area contributed by atoms with Gasteiger partial charge in [0.15, 0.2) is 0 Å². The van der Waals surface area contributed by atoms with Gasteiger partial charge < -0.3 is 0 Å². The van der Waals surface area contributed by atoms with E-state index in [2.05, 4.69) is 0 Å². The second-order valence-corrected chi connectivity index (χ2v) is 21.7. The zero-order valence-corrected chi connectivity index (χ0v) is 20.0. The molecule has 0 saturated carbocycles. The molecule has 1 amide bonds. The maximum absolute atomic E-state index is 13.8. The molecule has 1 rings (SSSR count). The van der Waals surface area contributed by atoms with Crippen LogP contribution in [0, 0.1) is 0 Å². The van der Waals surface area contributed by atoms with Gasteiger partial charge in [-0.05, 0) is 0 Å². The molecular formula is C19H23F4NO5Sn. The molecule has 0 aromatic heterocycles. The van der Waals surface area contributed by atoms with Crippen LogP contribution in [0.2, 0.25) is 14.8 Å². The summed E-state index contributed by atoms with van der Waals surface area (Å²) in [5.74, 6) is -4.20. The molecule has 1 aromatic carbocycles. The van der Waals surface area contributed by atoms with E-state index in [-0.39, 0.29) is 24.2 Å². The van der Waals surface area contributed by atoms with Crippen molar-refractivity contribution in [2.45, 2.75) is 40.9 Å². The van der Waals surface area contributed by atoms with Crippen LogP contribution in [-0.2, 0) is 19.1 Å². The van der Waals surface area contributed by atoms with E-state index in [1.165, 1.54) is 31.3 Å². The van der Waals surface area contributed by atoms with E-state index in [4.69, 9.17) is 9.47 Å². The Labute approximate surface area is 175 Å². The predicted octanol–water partition coefficient (Wildman–Crippen LogP) is 3.08. The molecule has 0 saturated heterocycles. The Morgan fingerprint density at radius 2 is 1.80 bits per heavy atom. The summed E-state index contributed by atoms with van der Waals surface area (Å²) in [5.41, 5.74) is -0.622. The van der Waals surface area contributed by atoms with Crippen molar-refractivity contribution in [3.8, 4) is 5.75 Å². The van der Waals surface area contributed by atoms with Gasteiger partial charge in [0.1, 0.15) is 0 Å². The third-order valence-corrected chi connectivity index (χ3v) is 9.65. The Morgan fingerprint density at radius 3 is 2.23 bits per heavy atom. The molecule has 0 heterocycles. The summed E-state index contributed by atoms with van der Waals surface area (Å²) < 4.78 is 62.5. The summed E-state index contributed by atoms with van der Waals surface area (Å²) in [4.78, 5) is 41.1. The van der Waals surface area contributed by atoms with Crippen LogP contribution in [0.15, 0.2) is 24.5 Å². The molecule has 0 spiro atoms. The first-order chi connectivity index (χ1) is 13.7.